The number of aliphatic hydroxyl groups is 1. The zero-order valence-corrected chi connectivity index (χ0v) is 19.5. The molecular weight excluding hydrogens is 404 g/mol. The molecule has 1 saturated heterocycles. The van der Waals surface area contributed by atoms with Crippen LogP contribution in [0, 0.1) is 13.8 Å². The van der Waals surface area contributed by atoms with E-state index in [0.29, 0.717) is 18.7 Å². The van der Waals surface area contributed by atoms with Crippen LogP contribution in [0.4, 0.5) is 0 Å². The van der Waals surface area contributed by atoms with Gasteiger partial charge in [0.05, 0.1) is 18.2 Å². The third kappa shape index (κ3) is 4.86. The van der Waals surface area contributed by atoms with Crippen molar-refractivity contribution in [1.82, 2.24) is 9.80 Å². The number of rotatable bonds is 8. The fourth-order valence-corrected chi connectivity index (χ4v) is 4.06. The lowest BCUT2D eigenvalue weighted by atomic mass is 9.93. The van der Waals surface area contributed by atoms with Gasteiger partial charge in [-0.2, -0.15) is 0 Å². The summed E-state index contributed by atoms with van der Waals surface area (Å²) in [6, 6.07) is 12.4. The Hall–Kier alpha value is -3.12. The summed E-state index contributed by atoms with van der Waals surface area (Å²) in [7, 11) is 3.94. The van der Waals surface area contributed by atoms with E-state index in [4.69, 9.17) is 4.74 Å². The van der Waals surface area contributed by atoms with E-state index in [2.05, 4.69) is 0 Å². The third-order valence-corrected chi connectivity index (χ3v) is 5.70. The number of hydrogen-bond acceptors (Lipinski definition) is 5. The number of hydrogen-bond donors (Lipinski definition) is 1. The molecule has 0 aliphatic carbocycles. The summed E-state index contributed by atoms with van der Waals surface area (Å²) >= 11 is 0. The maximum Gasteiger partial charge on any atom is 0.295 e. The summed E-state index contributed by atoms with van der Waals surface area (Å²) in [5.41, 5.74) is 3.29. The standard InChI is InChI=1S/C26H32N2O4/c1-6-32-20-12-10-19(11-13-20)23-22(24(29)21-16-17(2)8-9-18(21)3)25(30)26(31)28(23)15-7-14-27(4)5/h8-13,16,23,29H,6-7,14-15H2,1-5H3. The fraction of sp³-hybridized carbons (Fsp3) is 0.385. The summed E-state index contributed by atoms with van der Waals surface area (Å²) in [6.07, 6.45) is 0.719. The molecule has 1 amide bonds. The number of Topliss-reactive ketones (excluding diaryl/α,β-unsaturated/α-hetero) is 1. The van der Waals surface area contributed by atoms with Gasteiger partial charge >= 0.3 is 0 Å². The van der Waals surface area contributed by atoms with E-state index in [1.807, 2.05) is 82.2 Å². The number of ketones is 1. The second-order valence-corrected chi connectivity index (χ2v) is 8.47. The molecule has 1 aliphatic heterocycles. The highest BCUT2D eigenvalue weighted by molar-refractivity contribution is 6.46. The number of likely N-dealkylation sites (tertiary alicyclic amines) is 1. The van der Waals surface area contributed by atoms with Crippen LogP contribution in [-0.2, 0) is 9.59 Å². The highest BCUT2D eigenvalue weighted by Crippen LogP contribution is 2.40. The fourth-order valence-electron chi connectivity index (χ4n) is 4.06. The van der Waals surface area contributed by atoms with Crippen LogP contribution in [0.25, 0.3) is 5.76 Å². The van der Waals surface area contributed by atoms with E-state index in [-0.39, 0.29) is 11.3 Å². The molecule has 0 aromatic heterocycles. The number of carbonyl (C=O) groups excluding carboxylic acids is 2. The number of amides is 1. The monoisotopic (exact) mass is 436 g/mol. The lowest BCUT2D eigenvalue weighted by molar-refractivity contribution is -0.139. The number of aliphatic hydroxyl groups excluding tert-OH is 1. The molecule has 2 aromatic rings. The van der Waals surface area contributed by atoms with Crippen molar-refractivity contribution in [2.75, 3.05) is 33.8 Å². The number of nitrogens with zero attached hydrogens (tertiary/aromatic N) is 2. The molecule has 0 spiro atoms. The minimum atomic E-state index is -0.646. The Labute approximate surface area is 190 Å². The average Bonchev–Trinajstić information content (AvgIpc) is 3.00. The molecule has 1 heterocycles. The van der Waals surface area contributed by atoms with Gasteiger partial charge in [-0.25, -0.2) is 0 Å². The zero-order chi connectivity index (χ0) is 23.4. The van der Waals surface area contributed by atoms with Gasteiger partial charge in [-0.05, 0) is 77.2 Å². The third-order valence-electron chi connectivity index (χ3n) is 5.70. The van der Waals surface area contributed by atoms with Gasteiger partial charge in [0.1, 0.15) is 11.5 Å². The van der Waals surface area contributed by atoms with Crippen molar-refractivity contribution < 1.29 is 19.4 Å². The van der Waals surface area contributed by atoms with Gasteiger partial charge in [0.2, 0.25) is 0 Å². The van der Waals surface area contributed by atoms with Gasteiger partial charge in [-0.3, -0.25) is 9.59 Å². The number of carbonyl (C=O) groups is 2. The number of aryl methyl sites for hydroxylation is 2. The molecule has 1 aliphatic rings. The Balaban J connectivity index is 2.11. The highest BCUT2D eigenvalue weighted by atomic mass is 16.5. The highest BCUT2D eigenvalue weighted by Gasteiger charge is 2.45. The van der Waals surface area contributed by atoms with Crippen LogP contribution in [0.15, 0.2) is 48.0 Å². The summed E-state index contributed by atoms with van der Waals surface area (Å²) in [5.74, 6) is -0.629. The summed E-state index contributed by atoms with van der Waals surface area (Å²) in [4.78, 5) is 29.8. The van der Waals surface area contributed by atoms with Crippen molar-refractivity contribution in [3.05, 3.63) is 70.3 Å². The zero-order valence-electron chi connectivity index (χ0n) is 19.5. The summed E-state index contributed by atoms with van der Waals surface area (Å²) < 4.78 is 5.54. The molecule has 3 rings (SSSR count). The lowest BCUT2D eigenvalue weighted by Crippen LogP contribution is -2.32. The minimum absolute atomic E-state index is 0.126. The quantitative estimate of drug-likeness (QED) is 0.384. The second-order valence-electron chi connectivity index (χ2n) is 8.47. The van der Waals surface area contributed by atoms with Crippen LogP contribution in [-0.4, -0.2) is 60.4 Å². The summed E-state index contributed by atoms with van der Waals surface area (Å²) in [6.45, 7) is 7.49. The molecule has 0 saturated carbocycles. The van der Waals surface area contributed by atoms with Crippen LogP contribution in [0.3, 0.4) is 0 Å². The normalized spacial score (nSPS) is 17.9. The molecule has 1 atom stereocenters. The summed E-state index contributed by atoms with van der Waals surface area (Å²) in [5, 5.41) is 11.3. The van der Waals surface area contributed by atoms with Crippen molar-refractivity contribution in [2.24, 2.45) is 0 Å². The van der Waals surface area contributed by atoms with Crippen LogP contribution in [0.2, 0.25) is 0 Å². The molecule has 0 radical (unpaired) electrons. The minimum Gasteiger partial charge on any atom is -0.507 e. The van der Waals surface area contributed by atoms with Crippen molar-refractivity contribution >= 4 is 17.4 Å². The molecular formula is C26H32N2O4. The van der Waals surface area contributed by atoms with Crippen LogP contribution in [0.5, 0.6) is 5.75 Å². The van der Waals surface area contributed by atoms with Gasteiger partial charge in [0.25, 0.3) is 11.7 Å². The van der Waals surface area contributed by atoms with Crippen molar-refractivity contribution in [3.63, 3.8) is 0 Å². The van der Waals surface area contributed by atoms with E-state index < -0.39 is 17.7 Å². The van der Waals surface area contributed by atoms with E-state index in [1.165, 1.54) is 0 Å². The molecule has 1 fully saturated rings. The van der Waals surface area contributed by atoms with Gasteiger partial charge in [-0.1, -0.05) is 29.8 Å². The van der Waals surface area contributed by atoms with Crippen molar-refractivity contribution in [2.45, 2.75) is 33.2 Å². The Bertz CT molecular complexity index is 1020. The first-order valence-electron chi connectivity index (χ1n) is 11.0. The Kier molecular flexibility index (Phi) is 7.36. The second kappa shape index (κ2) is 10.0. The van der Waals surface area contributed by atoms with E-state index in [9.17, 15) is 14.7 Å². The smallest absolute Gasteiger partial charge is 0.295 e. The van der Waals surface area contributed by atoms with E-state index in [0.717, 1.165) is 35.4 Å². The van der Waals surface area contributed by atoms with Gasteiger partial charge < -0.3 is 19.6 Å². The molecule has 0 bridgehead atoms. The topological polar surface area (TPSA) is 70.1 Å². The lowest BCUT2D eigenvalue weighted by Gasteiger charge is -2.26. The Morgan fingerprint density at radius 2 is 1.78 bits per heavy atom. The molecule has 6 heteroatoms. The Morgan fingerprint density at radius 1 is 1.09 bits per heavy atom. The van der Waals surface area contributed by atoms with Gasteiger partial charge in [0.15, 0.2) is 0 Å². The molecule has 170 valence electrons. The largest absolute Gasteiger partial charge is 0.507 e. The molecule has 2 aromatic carbocycles. The molecule has 6 nitrogen and oxygen atoms in total. The molecule has 1 unspecified atom stereocenters. The first kappa shape index (κ1) is 23.5. The van der Waals surface area contributed by atoms with E-state index in [1.54, 1.807) is 4.90 Å². The van der Waals surface area contributed by atoms with Crippen LogP contribution < -0.4 is 4.74 Å². The number of ether oxygens (including phenoxy) is 1. The molecule has 32 heavy (non-hydrogen) atoms. The van der Waals surface area contributed by atoms with Crippen molar-refractivity contribution in [3.8, 4) is 5.75 Å². The molecule has 1 N–H and O–H groups in total. The Morgan fingerprint density at radius 3 is 2.41 bits per heavy atom. The predicted octanol–water partition coefficient (Wildman–Crippen LogP) is 4.08. The first-order chi connectivity index (χ1) is 15.2. The maximum absolute atomic E-state index is 13.1. The number of benzene rings is 2. The predicted molar refractivity (Wildman–Crippen MR) is 126 cm³/mol. The maximum atomic E-state index is 13.1. The van der Waals surface area contributed by atoms with Gasteiger partial charge in [-0.15, -0.1) is 0 Å². The van der Waals surface area contributed by atoms with Crippen LogP contribution in [0.1, 0.15) is 41.6 Å². The van der Waals surface area contributed by atoms with Crippen LogP contribution >= 0.6 is 0 Å². The van der Waals surface area contributed by atoms with Gasteiger partial charge in [0, 0.05) is 12.1 Å². The first-order valence-corrected chi connectivity index (χ1v) is 11.0. The SMILES string of the molecule is CCOc1ccc(C2C(=C(O)c3cc(C)ccc3C)C(=O)C(=O)N2CCCN(C)C)cc1. The van der Waals surface area contributed by atoms with E-state index >= 15 is 0 Å². The average molecular weight is 437 g/mol. The van der Waals surface area contributed by atoms with Crippen molar-refractivity contribution in [1.29, 1.82) is 0 Å².